The van der Waals surface area contributed by atoms with Gasteiger partial charge in [-0.15, -0.1) is 10.2 Å². The molecule has 0 aromatic heterocycles. The van der Waals surface area contributed by atoms with Crippen molar-refractivity contribution in [3.05, 3.63) is 81.8 Å². The number of carbonyl (C=O) groups is 1. The van der Waals surface area contributed by atoms with E-state index in [0.717, 1.165) is 6.07 Å². The SMILES string of the molecule is COc1ccc(Cl)c(NC(=O)c2cc3ccccc3c(N=Nc3c(C)cc(S(=O)(=O)O)cc3Cl)c2O)c1. The second kappa shape index (κ2) is 10.3. The minimum atomic E-state index is -4.47. The van der Waals surface area contributed by atoms with Gasteiger partial charge < -0.3 is 15.2 Å². The number of methoxy groups -OCH3 is 1. The molecule has 37 heavy (non-hydrogen) atoms. The Kier molecular flexibility index (Phi) is 7.37. The van der Waals surface area contributed by atoms with Gasteiger partial charge in [0.25, 0.3) is 16.0 Å². The largest absolute Gasteiger partial charge is 0.505 e. The Labute approximate surface area is 222 Å². The number of aryl methyl sites for hydroxylation is 1. The molecular weight excluding hydrogens is 541 g/mol. The van der Waals surface area contributed by atoms with Crippen LogP contribution in [0.4, 0.5) is 17.1 Å². The monoisotopic (exact) mass is 559 g/mol. The lowest BCUT2D eigenvalue weighted by molar-refractivity contribution is 0.102. The fraction of sp³-hybridized carbons (Fsp3) is 0.0800. The van der Waals surface area contributed by atoms with Crippen LogP contribution >= 0.6 is 23.2 Å². The maximum absolute atomic E-state index is 13.2. The van der Waals surface area contributed by atoms with Gasteiger partial charge in [0.15, 0.2) is 5.75 Å². The molecule has 12 heteroatoms. The molecule has 190 valence electrons. The minimum absolute atomic E-state index is 0.00527. The summed E-state index contributed by atoms with van der Waals surface area (Å²) in [6.45, 7) is 1.54. The topological polar surface area (TPSA) is 138 Å². The second-order valence-electron chi connectivity index (χ2n) is 7.89. The smallest absolute Gasteiger partial charge is 0.294 e. The fourth-order valence-corrected chi connectivity index (χ4v) is 4.72. The molecule has 0 saturated carbocycles. The summed E-state index contributed by atoms with van der Waals surface area (Å²) in [6, 6.07) is 15.4. The Morgan fingerprint density at radius 1 is 0.973 bits per heavy atom. The van der Waals surface area contributed by atoms with Crippen LogP contribution < -0.4 is 10.1 Å². The van der Waals surface area contributed by atoms with E-state index in [9.17, 15) is 22.9 Å². The summed E-state index contributed by atoms with van der Waals surface area (Å²) in [6.07, 6.45) is 0. The summed E-state index contributed by atoms with van der Waals surface area (Å²) in [7, 11) is -3.00. The lowest BCUT2D eigenvalue weighted by Gasteiger charge is -2.13. The van der Waals surface area contributed by atoms with Gasteiger partial charge in [0.1, 0.15) is 17.1 Å². The normalized spacial score (nSPS) is 11.7. The van der Waals surface area contributed by atoms with Gasteiger partial charge >= 0.3 is 0 Å². The molecule has 0 atom stereocenters. The fourth-order valence-electron chi connectivity index (χ4n) is 3.59. The molecule has 1 amide bonds. The number of aromatic hydroxyl groups is 1. The number of carbonyl (C=O) groups excluding carboxylic acids is 1. The zero-order chi connectivity index (χ0) is 26.9. The Hall–Kier alpha value is -3.70. The predicted molar refractivity (Wildman–Crippen MR) is 142 cm³/mol. The van der Waals surface area contributed by atoms with E-state index in [4.69, 9.17) is 27.9 Å². The van der Waals surface area contributed by atoms with Crippen molar-refractivity contribution < 1.29 is 27.6 Å². The highest BCUT2D eigenvalue weighted by Gasteiger charge is 2.20. The molecule has 0 aliphatic rings. The van der Waals surface area contributed by atoms with E-state index in [2.05, 4.69) is 15.5 Å². The number of halogens is 2. The van der Waals surface area contributed by atoms with Crippen molar-refractivity contribution in [2.75, 3.05) is 12.4 Å². The van der Waals surface area contributed by atoms with Gasteiger partial charge in [-0.2, -0.15) is 8.42 Å². The number of benzene rings is 4. The van der Waals surface area contributed by atoms with Crippen molar-refractivity contribution in [2.45, 2.75) is 11.8 Å². The number of phenols is 1. The molecule has 0 bridgehead atoms. The molecular formula is C25H19Cl2N3O6S. The van der Waals surface area contributed by atoms with Crippen molar-refractivity contribution in [2.24, 2.45) is 10.2 Å². The number of fused-ring (bicyclic) bond motifs is 1. The molecule has 4 aromatic rings. The molecule has 4 rings (SSSR count). The molecule has 0 unspecified atom stereocenters. The molecule has 0 heterocycles. The summed E-state index contributed by atoms with van der Waals surface area (Å²) in [5.74, 6) is -0.618. The van der Waals surface area contributed by atoms with E-state index in [-0.39, 0.29) is 32.7 Å². The van der Waals surface area contributed by atoms with E-state index in [0.29, 0.717) is 22.1 Å². The van der Waals surface area contributed by atoms with Crippen LogP contribution in [0.2, 0.25) is 10.0 Å². The van der Waals surface area contributed by atoms with Gasteiger partial charge in [0.05, 0.1) is 33.3 Å². The maximum atomic E-state index is 13.2. The lowest BCUT2D eigenvalue weighted by Crippen LogP contribution is -2.12. The van der Waals surface area contributed by atoms with Crippen molar-refractivity contribution in [1.29, 1.82) is 0 Å². The van der Waals surface area contributed by atoms with Crippen LogP contribution in [0.5, 0.6) is 11.5 Å². The Morgan fingerprint density at radius 2 is 1.68 bits per heavy atom. The Bertz CT molecular complexity index is 1670. The van der Waals surface area contributed by atoms with Crippen molar-refractivity contribution in [3.63, 3.8) is 0 Å². The average molecular weight is 560 g/mol. The zero-order valence-electron chi connectivity index (χ0n) is 19.4. The summed E-state index contributed by atoms with van der Waals surface area (Å²) in [5.41, 5.74) is 0.623. The molecule has 4 aromatic carbocycles. The molecule has 3 N–H and O–H groups in total. The highest BCUT2D eigenvalue weighted by atomic mass is 35.5. The van der Waals surface area contributed by atoms with Crippen LogP contribution in [0.15, 0.2) is 75.8 Å². The first-order valence-corrected chi connectivity index (χ1v) is 12.8. The summed E-state index contributed by atoms with van der Waals surface area (Å²) >= 11 is 12.4. The van der Waals surface area contributed by atoms with E-state index >= 15 is 0 Å². The van der Waals surface area contributed by atoms with Crippen LogP contribution in [-0.2, 0) is 10.1 Å². The van der Waals surface area contributed by atoms with Crippen LogP contribution in [0.1, 0.15) is 15.9 Å². The first-order chi connectivity index (χ1) is 17.5. The molecule has 0 saturated heterocycles. The van der Waals surface area contributed by atoms with Crippen LogP contribution in [-0.4, -0.2) is 31.1 Å². The summed E-state index contributed by atoms with van der Waals surface area (Å²) < 4.78 is 37.4. The van der Waals surface area contributed by atoms with Gasteiger partial charge in [-0.1, -0.05) is 47.5 Å². The predicted octanol–water partition coefficient (Wildman–Crippen LogP) is 7.08. The van der Waals surface area contributed by atoms with Gasteiger partial charge in [0, 0.05) is 11.5 Å². The number of hydrogen-bond donors (Lipinski definition) is 3. The number of phenolic OH excluding ortho intramolecular Hbond substituents is 1. The van der Waals surface area contributed by atoms with E-state index < -0.39 is 26.7 Å². The molecule has 0 spiro atoms. The molecule has 0 fully saturated rings. The zero-order valence-corrected chi connectivity index (χ0v) is 21.7. The number of amides is 1. The van der Waals surface area contributed by atoms with Crippen LogP contribution in [0.25, 0.3) is 10.8 Å². The van der Waals surface area contributed by atoms with E-state index in [1.54, 1.807) is 42.5 Å². The standard InChI is InChI=1S/C25H19Cl2N3O6S/c1-13-9-16(37(33,34)35)12-20(27)22(13)29-30-23-17-6-4-3-5-14(17)10-18(24(23)31)25(32)28-21-11-15(36-2)7-8-19(21)26/h3-12,31H,1-2H3,(H,28,32)(H,33,34,35). The lowest BCUT2D eigenvalue weighted by atomic mass is 10.0. The Balaban J connectivity index is 1.80. The van der Waals surface area contributed by atoms with Gasteiger partial charge in [0.2, 0.25) is 0 Å². The van der Waals surface area contributed by atoms with Crippen molar-refractivity contribution in [1.82, 2.24) is 0 Å². The van der Waals surface area contributed by atoms with Crippen molar-refractivity contribution >= 4 is 67.1 Å². The number of ether oxygens (including phenoxy) is 1. The van der Waals surface area contributed by atoms with Gasteiger partial charge in [-0.3, -0.25) is 9.35 Å². The maximum Gasteiger partial charge on any atom is 0.294 e. The van der Waals surface area contributed by atoms with Crippen LogP contribution in [0, 0.1) is 6.92 Å². The number of nitrogens with zero attached hydrogens (tertiary/aromatic N) is 2. The number of azo groups is 1. The molecule has 9 nitrogen and oxygen atoms in total. The number of hydrogen-bond acceptors (Lipinski definition) is 7. The van der Waals surface area contributed by atoms with E-state index in [1.165, 1.54) is 26.2 Å². The van der Waals surface area contributed by atoms with Gasteiger partial charge in [-0.05, 0) is 48.2 Å². The minimum Gasteiger partial charge on any atom is -0.505 e. The highest BCUT2D eigenvalue weighted by molar-refractivity contribution is 7.85. The first-order valence-electron chi connectivity index (χ1n) is 10.6. The summed E-state index contributed by atoms with van der Waals surface area (Å²) in [4.78, 5) is 12.8. The third kappa shape index (κ3) is 5.52. The second-order valence-corrected chi connectivity index (χ2v) is 10.1. The van der Waals surface area contributed by atoms with Crippen LogP contribution in [0.3, 0.4) is 0 Å². The quantitative estimate of drug-likeness (QED) is 0.170. The number of nitrogens with one attached hydrogen (secondary N) is 1. The summed E-state index contributed by atoms with van der Waals surface area (Å²) in [5, 5.41) is 23.3. The van der Waals surface area contributed by atoms with Gasteiger partial charge in [-0.25, -0.2) is 0 Å². The molecule has 0 radical (unpaired) electrons. The van der Waals surface area contributed by atoms with Crippen molar-refractivity contribution in [3.8, 4) is 11.5 Å². The first kappa shape index (κ1) is 26.4. The number of rotatable bonds is 6. The third-order valence-corrected chi connectivity index (χ3v) is 6.89. The Morgan fingerprint density at radius 3 is 2.35 bits per heavy atom. The molecule has 0 aliphatic heterocycles. The third-order valence-electron chi connectivity index (χ3n) is 5.44. The molecule has 0 aliphatic carbocycles. The highest BCUT2D eigenvalue weighted by Crippen LogP contribution is 2.41. The van der Waals surface area contributed by atoms with E-state index in [1.807, 2.05) is 0 Å². The number of anilines is 1. The average Bonchev–Trinajstić information content (AvgIpc) is 2.85.